The van der Waals surface area contributed by atoms with E-state index in [4.69, 9.17) is 16.1 Å². The summed E-state index contributed by atoms with van der Waals surface area (Å²) in [4.78, 5) is 13.0. The number of carbonyl (C=O) groups excluding carboxylic acids is 1. The fourth-order valence-corrected chi connectivity index (χ4v) is 3.16. The summed E-state index contributed by atoms with van der Waals surface area (Å²) in [6.07, 6.45) is 1.88. The van der Waals surface area contributed by atoms with Gasteiger partial charge in [-0.15, -0.1) is 11.3 Å². The number of carbonyl (C=O) groups is 1. The van der Waals surface area contributed by atoms with E-state index >= 15 is 0 Å². The third kappa shape index (κ3) is 3.03. The van der Waals surface area contributed by atoms with Crippen molar-refractivity contribution >= 4 is 28.8 Å². The summed E-state index contributed by atoms with van der Waals surface area (Å²) in [7, 11) is 0. The molecule has 1 aliphatic rings. The maximum Gasteiger partial charge on any atom is 0.273 e. The second-order valence-electron chi connectivity index (χ2n) is 4.68. The number of hydrogen-bond acceptors (Lipinski definition) is 5. The summed E-state index contributed by atoms with van der Waals surface area (Å²) in [5.41, 5.74) is 0.308. The van der Waals surface area contributed by atoms with Crippen LogP contribution < -0.4 is 10.6 Å². The van der Waals surface area contributed by atoms with E-state index in [9.17, 15) is 4.79 Å². The summed E-state index contributed by atoms with van der Waals surface area (Å²) in [6.45, 7) is 1.87. The van der Waals surface area contributed by atoms with Gasteiger partial charge in [0.15, 0.2) is 11.5 Å². The van der Waals surface area contributed by atoms with Crippen molar-refractivity contribution in [3.63, 3.8) is 0 Å². The highest BCUT2D eigenvalue weighted by atomic mass is 35.5. The highest BCUT2D eigenvalue weighted by Gasteiger charge is 2.19. The van der Waals surface area contributed by atoms with Crippen molar-refractivity contribution in [1.82, 2.24) is 15.8 Å². The number of aromatic nitrogens is 1. The second-order valence-corrected chi connectivity index (χ2v) is 6.39. The van der Waals surface area contributed by atoms with E-state index in [1.807, 2.05) is 6.07 Å². The Morgan fingerprint density at radius 1 is 1.45 bits per heavy atom. The van der Waals surface area contributed by atoms with Crippen molar-refractivity contribution in [2.24, 2.45) is 0 Å². The van der Waals surface area contributed by atoms with Gasteiger partial charge in [-0.1, -0.05) is 16.8 Å². The van der Waals surface area contributed by atoms with Gasteiger partial charge < -0.3 is 15.2 Å². The first-order chi connectivity index (χ1) is 9.72. The molecule has 1 amide bonds. The Hall–Kier alpha value is -1.37. The van der Waals surface area contributed by atoms with Gasteiger partial charge in [0, 0.05) is 12.1 Å². The van der Waals surface area contributed by atoms with Gasteiger partial charge in [-0.2, -0.15) is 0 Å². The number of halogens is 1. The first kappa shape index (κ1) is 13.6. The maximum atomic E-state index is 12.1. The smallest absolute Gasteiger partial charge is 0.273 e. The molecule has 0 atom stereocenters. The molecular weight excluding hydrogens is 298 g/mol. The van der Waals surface area contributed by atoms with Gasteiger partial charge in [0.1, 0.15) is 0 Å². The zero-order chi connectivity index (χ0) is 13.9. The van der Waals surface area contributed by atoms with E-state index in [0.29, 0.717) is 15.8 Å². The molecule has 0 radical (unpaired) electrons. The average molecular weight is 312 g/mol. The number of nitrogens with zero attached hydrogens (tertiary/aromatic N) is 1. The predicted octanol–water partition coefficient (Wildman–Crippen LogP) is 2.54. The summed E-state index contributed by atoms with van der Waals surface area (Å²) >= 11 is 7.27. The van der Waals surface area contributed by atoms with Crippen LogP contribution in [-0.4, -0.2) is 30.2 Å². The van der Waals surface area contributed by atoms with Crippen molar-refractivity contribution in [1.29, 1.82) is 0 Å². The van der Waals surface area contributed by atoms with E-state index in [0.717, 1.165) is 30.8 Å². The van der Waals surface area contributed by atoms with Crippen LogP contribution in [0.3, 0.4) is 0 Å². The van der Waals surface area contributed by atoms with Gasteiger partial charge in [-0.25, -0.2) is 0 Å². The fraction of sp³-hybridized carbons (Fsp3) is 0.385. The van der Waals surface area contributed by atoms with Crippen molar-refractivity contribution < 1.29 is 9.32 Å². The Bertz CT molecular complexity index is 604. The quantitative estimate of drug-likeness (QED) is 0.914. The monoisotopic (exact) mass is 311 g/mol. The molecule has 0 aliphatic carbocycles. The molecule has 0 saturated carbocycles. The molecular formula is C13H14ClN3O2S. The summed E-state index contributed by atoms with van der Waals surface area (Å²) < 4.78 is 5.88. The van der Waals surface area contributed by atoms with Crippen molar-refractivity contribution in [3.8, 4) is 10.6 Å². The zero-order valence-corrected chi connectivity index (χ0v) is 12.3. The fourth-order valence-electron chi connectivity index (χ4n) is 2.17. The van der Waals surface area contributed by atoms with Gasteiger partial charge in [-0.05, 0) is 38.1 Å². The van der Waals surface area contributed by atoms with Gasteiger partial charge >= 0.3 is 0 Å². The lowest BCUT2D eigenvalue weighted by atomic mass is 10.1. The molecule has 5 nitrogen and oxygen atoms in total. The van der Waals surface area contributed by atoms with Crippen molar-refractivity contribution in [2.75, 3.05) is 13.1 Å². The minimum Gasteiger partial charge on any atom is -0.355 e. The Morgan fingerprint density at radius 2 is 2.25 bits per heavy atom. The molecule has 1 saturated heterocycles. The molecule has 20 heavy (non-hydrogen) atoms. The standard InChI is InChI=1S/C13H14ClN3O2S/c14-12-2-1-11(20-12)10-7-9(17-19-10)13(18)16-8-3-5-15-6-4-8/h1-2,7-8,15H,3-6H2,(H,16,18). The molecule has 0 unspecified atom stereocenters. The van der Waals surface area contributed by atoms with E-state index in [-0.39, 0.29) is 11.9 Å². The van der Waals surface area contributed by atoms with Crippen LogP contribution in [0.25, 0.3) is 10.6 Å². The van der Waals surface area contributed by atoms with Gasteiger partial charge in [-0.3, -0.25) is 4.79 Å². The molecule has 3 rings (SSSR count). The molecule has 1 aliphatic heterocycles. The van der Waals surface area contributed by atoms with E-state index < -0.39 is 0 Å². The van der Waals surface area contributed by atoms with Crippen molar-refractivity contribution in [3.05, 3.63) is 28.2 Å². The maximum absolute atomic E-state index is 12.1. The van der Waals surface area contributed by atoms with Gasteiger partial charge in [0.25, 0.3) is 5.91 Å². The third-order valence-electron chi connectivity index (χ3n) is 3.23. The number of thiophene rings is 1. The molecule has 7 heteroatoms. The van der Waals surface area contributed by atoms with Crippen molar-refractivity contribution in [2.45, 2.75) is 18.9 Å². The molecule has 106 valence electrons. The molecule has 2 aromatic rings. The second kappa shape index (κ2) is 5.95. The average Bonchev–Trinajstić information content (AvgIpc) is 3.08. The molecule has 1 fully saturated rings. The number of amides is 1. The van der Waals surface area contributed by atoms with Crippen LogP contribution in [0.2, 0.25) is 4.34 Å². The topological polar surface area (TPSA) is 67.2 Å². The highest BCUT2D eigenvalue weighted by Crippen LogP contribution is 2.31. The van der Waals surface area contributed by atoms with Crippen LogP contribution in [0.1, 0.15) is 23.3 Å². The van der Waals surface area contributed by atoms with Gasteiger partial charge in [0.05, 0.1) is 9.21 Å². The summed E-state index contributed by atoms with van der Waals surface area (Å²) in [5.74, 6) is 0.381. The van der Waals surface area contributed by atoms with Crippen LogP contribution in [0.5, 0.6) is 0 Å². The number of nitrogens with one attached hydrogen (secondary N) is 2. The predicted molar refractivity (Wildman–Crippen MR) is 78.2 cm³/mol. The lowest BCUT2D eigenvalue weighted by molar-refractivity contribution is 0.0920. The first-order valence-electron chi connectivity index (χ1n) is 6.46. The van der Waals surface area contributed by atoms with Crippen LogP contribution >= 0.6 is 22.9 Å². The summed E-state index contributed by atoms with van der Waals surface area (Å²) in [5, 5.41) is 10.1. The van der Waals surface area contributed by atoms with E-state index in [2.05, 4.69) is 15.8 Å². The minimum absolute atomic E-state index is 0.186. The van der Waals surface area contributed by atoms with E-state index in [1.165, 1.54) is 11.3 Å². The number of piperidine rings is 1. The van der Waals surface area contributed by atoms with Gasteiger partial charge in [0.2, 0.25) is 0 Å². The molecule has 2 N–H and O–H groups in total. The van der Waals surface area contributed by atoms with Crippen LogP contribution in [0.4, 0.5) is 0 Å². The largest absolute Gasteiger partial charge is 0.355 e. The van der Waals surface area contributed by atoms with Crippen LogP contribution in [-0.2, 0) is 0 Å². The van der Waals surface area contributed by atoms with Crippen LogP contribution in [0.15, 0.2) is 22.7 Å². The first-order valence-corrected chi connectivity index (χ1v) is 7.66. The Balaban J connectivity index is 1.68. The molecule has 3 heterocycles. The molecule has 0 aromatic carbocycles. The lowest BCUT2D eigenvalue weighted by Gasteiger charge is -2.23. The number of rotatable bonds is 3. The molecule has 0 bridgehead atoms. The SMILES string of the molecule is O=C(NC1CCNCC1)c1cc(-c2ccc(Cl)s2)on1. The highest BCUT2D eigenvalue weighted by molar-refractivity contribution is 7.19. The Kier molecular flexibility index (Phi) is 4.05. The number of hydrogen-bond donors (Lipinski definition) is 2. The third-order valence-corrected chi connectivity index (χ3v) is 4.48. The summed E-state index contributed by atoms with van der Waals surface area (Å²) in [6, 6.07) is 5.50. The Morgan fingerprint density at radius 3 is 2.95 bits per heavy atom. The normalized spacial score (nSPS) is 16.2. The Labute approximate surface area is 125 Å². The lowest BCUT2D eigenvalue weighted by Crippen LogP contribution is -2.42. The minimum atomic E-state index is -0.186. The molecule has 0 spiro atoms. The van der Waals surface area contributed by atoms with E-state index in [1.54, 1.807) is 12.1 Å². The van der Waals surface area contributed by atoms with Crippen LogP contribution in [0, 0.1) is 0 Å². The zero-order valence-electron chi connectivity index (χ0n) is 10.7. The molecule has 2 aromatic heterocycles.